The number of aliphatic hydroxyl groups excluding tert-OH is 1. The number of amides is 1. The van der Waals surface area contributed by atoms with Crippen molar-refractivity contribution in [1.29, 1.82) is 0 Å². The van der Waals surface area contributed by atoms with Crippen LogP contribution in [0.4, 0.5) is 5.69 Å². The smallest absolute Gasteiger partial charge is 0.228 e. The standard InChI is InChI=1S/C18H28N2O2/c1-18(2,3)16(13-21)19(4)11-10-17(22)20-12-9-14-7-5-6-8-15(14)20/h5-8,16,21H,9-13H2,1-4H3. The Balaban J connectivity index is 1.94. The number of likely N-dealkylation sites (N-methyl/N-ethyl adjacent to an activating group) is 1. The molecular formula is C18H28N2O2. The zero-order valence-corrected chi connectivity index (χ0v) is 14.2. The maximum absolute atomic E-state index is 12.5. The largest absolute Gasteiger partial charge is 0.395 e. The van der Waals surface area contributed by atoms with Crippen molar-refractivity contribution in [2.24, 2.45) is 5.41 Å². The van der Waals surface area contributed by atoms with Gasteiger partial charge in [-0.3, -0.25) is 4.79 Å². The van der Waals surface area contributed by atoms with E-state index in [4.69, 9.17) is 0 Å². The van der Waals surface area contributed by atoms with E-state index in [1.165, 1.54) is 5.56 Å². The zero-order valence-electron chi connectivity index (χ0n) is 14.2. The second kappa shape index (κ2) is 6.80. The van der Waals surface area contributed by atoms with Crippen molar-refractivity contribution in [3.8, 4) is 0 Å². The first-order valence-electron chi connectivity index (χ1n) is 8.04. The van der Waals surface area contributed by atoms with Gasteiger partial charge in [-0.05, 0) is 30.5 Å². The fourth-order valence-corrected chi connectivity index (χ4v) is 3.23. The molecule has 0 fully saturated rings. The molecule has 2 rings (SSSR count). The summed E-state index contributed by atoms with van der Waals surface area (Å²) in [4.78, 5) is 16.5. The lowest BCUT2D eigenvalue weighted by Crippen LogP contribution is -2.45. The number of hydrogen-bond donors (Lipinski definition) is 1. The van der Waals surface area contributed by atoms with Gasteiger partial charge in [0.2, 0.25) is 5.91 Å². The Labute approximate surface area is 133 Å². The first-order chi connectivity index (χ1) is 10.3. The van der Waals surface area contributed by atoms with E-state index >= 15 is 0 Å². The Kier molecular flexibility index (Phi) is 5.24. The van der Waals surface area contributed by atoms with E-state index in [0.29, 0.717) is 13.0 Å². The van der Waals surface area contributed by atoms with Crippen LogP contribution >= 0.6 is 0 Å². The summed E-state index contributed by atoms with van der Waals surface area (Å²) in [5.41, 5.74) is 2.31. The molecule has 1 heterocycles. The number of benzene rings is 1. The van der Waals surface area contributed by atoms with Crippen molar-refractivity contribution in [1.82, 2.24) is 4.90 Å². The van der Waals surface area contributed by atoms with Crippen LogP contribution in [-0.4, -0.2) is 48.7 Å². The van der Waals surface area contributed by atoms with Crippen molar-refractivity contribution < 1.29 is 9.90 Å². The molecule has 1 unspecified atom stereocenters. The molecule has 0 aliphatic carbocycles. The molecule has 0 saturated carbocycles. The molecule has 1 atom stereocenters. The second-order valence-electron chi connectivity index (χ2n) is 7.22. The summed E-state index contributed by atoms with van der Waals surface area (Å²) in [7, 11) is 1.98. The fourth-order valence-electron chi connectivity index (χ4n) is 3.23. The summed E-state index contributed by atoms with van der Waals surface area (Å²) in [5, 5.41) is 9.60. The molecule has 1 aliphatic rings. The summed E-state index contributed by atoms with van der Waals surface area (Å²) in [5.74, 6) is 0.169. The molecule has 4 nitrogen and oxygen atoms in total. The third kappa shape index (κ3) is 3.68. The van der Waals surface area contributed by atoms with Crippen LogP contribution in [0.5, 0.6) is 0 Å². The molecule has 0 bridgehead atoms. The lowest BCUT2D eigenvalue weighted by Gasteiger charge is -2.36. The van der Waals surface area contributed by atoms with Gasteiger partial charge in [-0.25, -0.2) is 0 Å². The van der Waals surface area contributed by atoms with Gasteiger partial charge in [0.25, 0.3) is 0 Å². The molecule has 0 aromatic heterocycles. The van der Waals surface area contributed by atoms with Crippen LogP contribution in [0.3, 0.4) is 0 Å². The van der Waals surface area contributed by atoms with Gasteiger partial charge in [0.15, 0.2) is 0 Å². The van der Waals surface area contributed by atoms with Gasteiger partial charge < -0.3 is 14.9 Å². The Hall–Kier alpha value is -1.39. The summed E-state index contributed by atoms with van der Waals surface area (Å²) in [6.07, 6.45) is 1.43. The van der Waals surface area contributed by atoms with Gasteiger partial charge in [0.1, 0.15) is 0 Å². The number of carbonyl (C=O) groups is 1. The maximum Gasteiger partial charge on any atom is 0.228 e. The van der Waals surface area contributed by atoms with Crippen LogP contribution in [-0.2, 0) is 11.2 Å². The van der Waals surface area contributed by atoms with Crippen LogP contribution < -0.4 is 4.90 Å². The summed E-state index contributed by atoms with van der Waals surface area (Å²) in [6.45, 7) is 7.90. The lowest BCUT2D eigenvalue weighted by atomic mass is 9.86. The van der Waals surface area contributed by atoms with Gasteiger partial charge in [0.05, 0.1) is 6.61 Å². The van der Waals surface area contributed by atoms with Crippen molar-refractivity contribution in [2.45, 2.75) is 39.7 Å². The number of anilines is 1. The molecule has 0 saturated heterocycles. The third-order valence-electron chi connectivity index (χ3n) is 4.57. The quantitative estimate of drug-likeness (QED) is 0.908. The van der Waals surface area contributed by atoms with E-state index in [2.05, 4.69) is 31.7 Å². The molecule has 1 N–H and O–H groups in total. The highest BCUT2D eigenvalue weighted by atomic mass is 16.3. The molecule has 0 radical (unpaired) electrons. The molecule has 4 heteroatoms. The number of nitrogens with zero attached hydrogens (tertiary/aromatic N) is 2. The Bertz CT molecular complexity index is 522. The van der Waals surface area contributed by atoms with Crippen LogP contribution in [0.25, 0.3) is 0 Å². The molecule has 0 spiro atoms. The molecule has 22 heavy (non-hydrogen) atoms. The van der Waals surface area contributed by atoms with E-state index in [1.807, 2.05) is 30.1 Å². The monoisotopic (exact) mass is 304 g/mol. The highest BCUT2D eigenvalue weighted by molar-refractivity contribution is 5.95. The Morgan fingerprint density at radius 1 is 1.36 bits per heavy atom. The van der Waals surface area contributed by atoms with Crippen LogP contribution in [0.2, 0.25) is 0 Å². The Morgan fingerprint density at radius 2 is 2.05 bits per heavy atom. The normalized spacial score (nSPS) is 16.0. The summed E-state index contributed by atoms with van der Waals surface area (Å²) >= 11 is 0. The number of hydrogen-bond acceptors (Lipinski definition) is 3. The first kappa shape index (κ1) is 17.0. The average molecular weight is 304 g/mol. The Morgan fingerprint density at radius 3 is 2.68 bits per heavy atom. The summed E-state index contributed by atoms with van der Waals surface area (Å²) < 4.78 is 0. The second-order valence-corrected chi connectivity index (χ2v) is 7.22. The maximum atomic E-state index is 12.5. The van der Waals surface area contributed by atoms with E-state index in [9.17, 15) is 9.90 Å². The zero-order chi connectivity index (χ0) is 16.3. The van der Waals surface area contributed by atoms with E-state index in [1.54, 1.807) is 0 Å². The molecule has 1 amide bonds. The first-order valence-corrected chi connectivity index (χ1v) is 8.04. The predicted molar refractivity (Wildman–Crippen MR) is 90.1 cm³/mol. The average Bonchev–Trinajstić information content (AvgIpc) is 2.88. The van der Waals surface area contributed by atoms with Gasteiger partial charge in [-0.1, -0.05) is 39.0 Å². The number of para-hydroxylation sites is 1. The van der Waals surface area contributed by atoms with Crippen LogP contribution in [0.15, 0.2) is 24.3 Å². The molecule has 1 aromatic rings. The minimum absolute atomic E-state index is 0.00715. The SMILES string of the molecule is CN(CCC(=O)N1CCc2ccccc21)C(CO)C(C)(C)C. The van der Waals surface area contributed by atoms with Gasteiger partial charge in [0, 0.05) is 31.2 Å². The molecular weight excluding hydrogens is 276 g/mol. The highest BCUT2D eigenvalue weighted by Gasteiger charge is 2.29. The summed E-state index contributed by atoms with van der Waals surface area (Å²) in [6, 6.07) is 8.19. The predicted octanol–water partition coefficient (Wildman–Crippen LogP) is 2.30. The molecule has 122 valence electrons. The van der Waals surface area contributed by atoms with Crippen LogP contribution in [0.1, 0.15) is 32.8 Å². The van der Waals surface area contributed by atoms with Gasteiger partial charge in [-0.2, -0.15) is 0 Å². The molecule has 1 aromatic carbocycles. The third-order valence-corrected chi connectivity index (χ3v) is 4.57. The van der Waals surface area contributed by atoms with Gasteiger partial charge >= 0.3 is 0 Å². The highest BCUT2D eigenvalue weighted by Crippen LogP contribution is 2.28. The minimum atomic E-state index is -0.00715. The number of aliphatic hydroxyl groups is 1. The number of carbonyl (C=O) groups excluding carboxylic acids is 1. The van der Waals surface area contributed by atoms with Crippen molar-refractivity contribution in [2.75, 3.05) is 31.6 Å². The molecule has 1 aliphatic heterocycles. The number of rotatable bonds is 5. The van der Waals surface area contributed by atoms with E-state index in [0.717, 1.165) is 18.7 Å². The van der Waals surface area contributed by atoms with Gasteiger partial charge in [-0.15, -0.1) is 0 Å². The lowest BCUT2D eigenvalue weighted by molar-refractivity contribution is -0.119. The minimum Gasteiger partial charge on any atom is -0.395 e. The van der Waals surface area contributed by atoms with Crippen molar-refractivity contribution in [3.05, 3.63) is 29.8 Å². The number of fused-ring (bicyclic) bond motifs is 1. The van der Waals surface area contributed by atoms with Crippen LogP contribution in [0, 0.1) is 5.41 Å². The topological polar surface area (TPSA) is 43.8 Å². The fraction of sp³-hybridized carbons (Fsp3) is 0.611. The van der Waals surface area contributed by atoms with E-state index in [-0.39, 0.29) is 24.0 Å². The van der Waals surface area contributed by atoms with Crippen molar-refractivity contribution in [3.63, 3.8) is 0 Å². The van der Waals surface area contributed by atoms with E-state index < -0.39 is 0 Å². The van der Waals surface area contributed by atoms with Crippen molar-refractivity contribution >= 4 is 11.6 Å².